The molecule has 0 radical (unpaired) electrons. The molecule has 3 atom stereocenters. The van der Waals surface area contributed by atoms with Gasteiger partial charge in [0.1, 0.15) is 12.0 Å². The number of aldehydes is 1. The number of aryl methyl sites for hydroxylation is 1. The van der Waals surface area contributed by atoms with Gasteiger partial charge in [0, 0.05) is 12.5 Å². The van der Waals surface area contributed by atoms with E-state index in [2.05, 4.69) is 0 Å². The maximum atomic E-state index is 13.6. The Labute approximate surface area is 183 Å². The van der Waals surface area contributed by atoms with Crippen LogP contribution in [0.4, 0.5) is 0 Å². The molecular formula is C23H27NO6S. The van der Waals surface area contributed by atoms with Gasteiger partial charge in [-0.1, -0.05) is 29.8 Å². The van der Waals surface area contributed by atoms with Gasteiger partial charge in [0.15, 0.2) is 0 Å². The van der Waals surface area contributed by atoms with Crippen LogP contribution < -0.4 is 4.74 Å². The lowest BCUT2D eigenvalue weighted by Crippen LogP contribution is -2.32. The van der Waals surface area contributed by atoms with Crippen molar-refractivity contribution in [2.45, 2.75) is 31.2 Å². The van der Waals surface area contributed by atoms with Crippen LogP contribution in [-0.2, 0) is 24.3 Å². The number of hydrogen-bond donors (Lipinski definition) is 0. The summed E-state index contributed by atoms with van der Waals surface area (Å²) in [5.74, 6) is -1.08. The molecule has 2 aromatic rings. The molecule has 31 heavy (non-hydrogen) atoms. The third-order valence-electron chi connectivity index (χ3n) is 5.59. The number of ether oxygens (including phenoxy) is 2. The van der Waals surface area contributed by atoms with Crippen molar-refractivity contribution in [2.75, 3.05) is 20.3 Å². The minimum Gasteiger partial charge on any atom is -0.497 e. The fourth-order valence-electron chi connectivity index (χ4n) is 4.04. The molecule has 0 N–H and O–H groups in total. The summed E-state index contributed by atoms with van der Waals surface area (Å²) in [6, 6.07) is 12.8. The van der Waals surface area contributed by atoms with Crippen molar-refractivity contribution in [1.82, 2.24) is 4.31 Å². The molecule has 1 aliphatic heterocycles. The standard InChI is InChI=1S/C23H27NO6S/c1-4-30-22(26)13-18-14-24(31(27,28)20-10-8-16(2)9-11-20)23(21(18)15-25)17-6-5-7-19(12-17)29-3/h5-12,15,18,21,23H,4,13-14H2,1-3H3/t18-,21+,23-/m1/s1. The van der Waals surface area contributed by atoms with E-state index < -0.39 is 33.9 Å². The number of carbonyl (C=O) groups is 2. The van der Waals surface area contributed by atoms with Gasteiger partial charge in [0.2, 0.25) is 10.0 Å². The smallest absolute Gasteiger partial charge is 0.306 e. The third-order valence-corrected chi connectivity index (χ3v) is 7.45. The zero-order valence-electron chi connectivity index (χ0n) is 17.9. The maximum Gasteiger partial charge on any atom is 0.306 e. The lowest BCUT2D eigenvalue weighted by Gasteiger charge is -2.26. The zero-order valence-corrected chi connectivity index (χ0v) is 18.7. The summed E-state index contributed by atoms with van der Waals surface area (Å²) >= 11 is 0. The summed E-state index contributed by atoms with van der Waals surface area (Å²) in [7, 11) is -2.39. The van der Waals surface area contributed by atoms with E-state index in [0.29, 0.717) is 11.3 Å². The lowest BCUT2D eigenvalue weighted by molar-refractivity contribution is -0.144. The fraction of sp³-hybridized carbons (Fsp3) is 0.391. The Morgan fingerprint density at radius 3 is 2.52 bits per heavy atom. The quantitative estimate of drug-likeness (QED) is 0.458. The van der Waals surface area contributed by atoms with E-state index in [4.69, 9.17) is 9.47 Å². The van der Waals surface area contributed by atoms with Gasteiger partial charge in [0.05, 0.1) is 31.1 Å². The fourth-order valence-corrected chi connectivity index (χ4v) is 5.74. The molecule has 0 unspecified atom stereocenters. The molecule has 1 fully saturated rings. The third kappa shape index (κ3) is 4.80. The molecule has 7 nitrogen and oxygen atoms in total. The van der Waals surface area contributed by atoms with Gasteiger partial charge in [0.25, 0.3) is 0 Å². The van der Waals surface area contributed by atoms with E-state index in [0.717, 1.165) is 11.8 Å². The summed E-state index contributed by atoms with van der Waals surface area (Å²) in [5.41, 5.74) is 1.58. The number of esters is 1. The van der Waals surface area contributed by atoms with Crippen LogP contribution in [0.3, 0.4) is 0 Å². The predicted molar refractivity (Wildman–Crippen MR) is 115 cm³/mol. The minimum atomic E-state index is -3.91. The second-order valence-corrected chi connectivity index (χ2v) is 9.48. The molecule has 166 valence electrons. The molecule has 8 heteroatoms. The lowest BCUT2D eigenvalue weighted by atomic mass is 9.86. The number of carbonyl (C=O) groups excluding carboxylic acids is 2. The number of rotatable bonds is 8. The van der Waals surface area contributed by atoms with Crippen LogP contribution in [0.1, 0.15) is 30.5 Å². The Bertz CT molecular complexity index is 1030. The van der Waals surface area contributed by atoms with E-state index in [-0.39, 0.29) is 24.5 Å². The Morgan fingerprint density at radius 2 is 1.90 bits per heavy atom. The average molecular weight is 446 g/mol. The van der Waals surface area contributed by atoms with Crippen molar-refractivity contribution in [3.05, 3.63) is 59.7 Å². The van der Waals surface area contributed by atoms with Crippen LogP contribution in [0.2, 0.25) is 0 Å². The normalized spacial score (nSPS) is 21.6. The Kier molecular flexibility index (Phi) is 7.12. The minimum absolute atomic E-state index is 0.0301. The summed E-state index contributed by atoms with van der Waals surface area (Å²) in [6.45, 7) is 3.85. The van der Waals surface area contributed by atoms with E-state index in [1.54, 1.807) is 55.5 Å². The summed E-state index contributed by atoms with van der Waals surface area (Å²) in [4.78, 5) is 24.4. The molecule has 1 aliphatic rings. The molecule has 2 aromatic carbocycles. The number of benzene rings is 2. The van der Waals surface area contributed by atoms with Crippen LogP contribution in [0.15, 0.2) is 53.4 Å². The SMILES string of the molecule is CCOC(=O)C[C@@H]1CN(S(=O)(=O)c2ccc(C)cc2)[C@H](c2cccc(OC)c2)[C@H]1C=O. The highest BCUT2D eigenvalue weighted by Gasteiger charge is 2.48. The Balaban J connectivity index is 2.07. The first kappa shape index (κ1) is 23.0. The van der Waals surface area contributed by atoms with Crippen LogP contribution in [0, 0.1) is 18.8 Å². The molecule has 0 saturated carbocycles. The summed E-state index contributed by atoms with van der Waals surface area (Å²) in [5, 5.41) is 0. The number of hydrogen-bond acceptors (Lipinski definition) is 6. The average Bonchev–Trinajstić information content (AvgIpc) is 3.13. The van der Waals surface area contributed by atoms with Gasteiger partial charge in [-0.25, -0.2) is 8.42 Å². The Hall–Kier alpha value is -2.71. The van der Waals surface area contributed by atoms with Crippen molar-refractivity contribution in [2.24, 2.45) is 11.8 Å². The van der Waals surface area contributed by atoms with Crippen molar-refractivity contribution in [3.8, 4) is 5.75 Å². The molecule has 0 amide bonds. The van der Waals surface area contributed by atoms with Gasteiger partial charge in [-0.05, 0) is 49.6 Å². The van der Waals surface area contributed by atoms with Gasteiger partial charge < -0.3 is 14.3 Å². The number of sulfonamides is 1. The van der Waals surface area contributed by atoms with E-state index in [9.17, 15) is 18.0 Å². The molecule has 0 aromatic heterocycles. The van der Waals surface area contributed by atoms with E-state index >= 15 is 0 Å². The monoisotopic (exact) mass is 445 g/mol. The highest BCUT2D eigenvalue weighted by atomic mass is 32.2. The molecule has 0 aliphatic carbocycles. The van der Waals surface area contributed by atoms with Gasteiger partial charge in [-0.15, -0.1) is 0 Å². The summed E-state index contributed by atoms with van der Waals surface area (Å²) in [6.07, 6.45) is 0.719. The van der Waals surface area contributed by atoms with E-state index in [1.165, 1.54) is 11.4 Å². The second kappa shape index (κ2) is 9.62. The molecule has 3 rings (SSSR count). The first-order chi connectivity index (χ1) is 14.8. The Morgan fingerprint density at radius 1 is 1.19 bits per heavy atom. The first-order valence-electron chi connectivity index (χ1n) is 10.1. The molecule has 0 spiro atoms. The van der Waals surface area contributed by atoms with E-state index in [1.807, 2.05) is 6.92 Å². The van der Waals surface area contributed by atoms with Crippen molar-refractivity contribution >= 4 is 22.3 Å². The van der Waals surface area contributed by atoms with Crippen molar-refractivity contribution in [3.63, 3.8) is 0 Å². The molecule has 0 bridgehead atoms. The predicted octanol–water partition coefficient (Wildman–Crippen LogP) is 3.13. The number of methoxy groups -OCH3 is 1. The largest absolute Gasteiger partial charge is 0.497 e. The number of nitrogens with zero attached hydrogens (tertiary/aromatic N) is 1. The first-order valence-corrected chi connectivity index (χ1v) is 11.6. The van der Waals surface area contributed by atoms with Gasteiger partial charge in [-0.2, -0.15) is 4.31 Å². The highest BCUT2D eigenvalue weighted by molar-refractivity contribution is 7.89. The van der Waals surface area contributed by atoms with Crippen molar-refractivity contribution in [1.29, 1.82) is 0 Å². The van der Waals surface area contributed by atoms with Gasteiger partial charge >= 0.3 is 5.97 Å². The molecule has 1 heterocycles. The van der Waals surface area contributed by atoms with Crippen LogP contribution >= 0.6 is 0 Å². The molecular weight excluding hydrogens is 418 g/mol. The van der Waals surface area contributed by atoms with Crippen LogP contribution in [0.5, 0.6) is 5.75 Å². The maximum absolute atomic E-state index is 13.6. The highest BCUT2D eigenvalue weighted by Crippen LogP contribution is 2.45. The second-order valence-electron chi connectivity index (χ2n) is 7.59. The van der Waals surface area contributed by atoms with Crippen LogP contribution in [0.25, 0.3) is 0 Å². The van der Waals surface area contributed by atoms with Crippen molar-refractivity contribution < 1.29 is 27.5 Å². The molecule has 1 saturated heterocycles. The van der Waals surface area contributed by atoms with Gasteiger partial charge in [-0.3, -0.25) is 4.79 Å². The zero-order chi connectivity index (χ0) is 22.6. The summed E-state index contributed by atoms with van der Waals surface area (Å²) < 4.78 is 38.8. The topological polar surface area (TPSA) is 90.0 Å². The van der Waals surface area contributed by atoms with Crippen LogP contribution in [-0.4, -0.2) is 45.2 Å².